The molecule has 1 N–H and O–H groups in total. The Labute approximate surface area is 149 Å². The second-order valence-corrected chi connectivity index (χ2v) is 6.03. The first-order valence-corrected chi connectivity index (χ1v) is 8.13. The normalized spacial score (nSPS) is 17.4. The molecule has 0 amide bonds. The van der Waals surface area contributed by atoms with Gasteiger partial charge in [-0.15, -0.1) is 0 Å². The van der Waals surface area contributed by atoms with E-state index < -0.39 is 12.2 Å². The number of aliphatic hydroxyl groups is 1. The molecule has 26 heavy (non-hydrogen) atoms. The first-order chi connectivity index (χ1) is 12.6. The van der Waals surface area contributed by atoms with E-state index >= 15 is 0 Å². The molecule has 2 heterocycles. The van der Waals surface area contributed by atoms with Crippen molar-refractivity contribution in [2.75, 3.05) is 0 Å². The van der Waals surface area contributed by atoms with Gasteiger partial charge < -0.3 is 9.84 Å². The highest BCUT2D eigenvalue weighted by molar-refractivity contribution is 5.71. The Morgan fingerprint density at radius 1 is 0.923 bits per heavy atom. The van der Waals surface area contributed by atoms with Crippen molar-refractivity contribution < 1.29 is 18.6 Å². The highest BCUT2D eigenvalue weighted by Gasteiger charge is 2.38. The number of pyridine rings is 1. The molecule has 2 atom stereocenters. The summed E-state index contributed by atoms with van der Waals surface area (Å²) in [6, 6.07) is 15.3. The molecule has 0 bridgehead atoms. The summed E-state index contributed by atoms with van der Waals surface area (Å²) in [5, 5.41) is 10.9. The minimum atomic E-state index is -0.937. The summed E-state index contributed by atoms with van der Waals surface area (Å²) in [6.07, 6.45) is 1.76. The van der Waals surface area contributed by atoms with Crippen LogP contribution in [-0.2, 0) is 4.74 Å². The van der Waals surface area contributed by atoms with Crippen LogP contribution in [0.15, 0.2) is 78.6 Å². The predicted molar refractivity (Wildman–Crippen MR) is 92.7 cm³/mol. The van der Waals surface area contributed by atoms with Crippen molar-refractivity contribution in [1.82, 2.24) is 4.98 Å². The maximum Gasteiger partial charge on any atom is 0.152 e. The van der Waals surface area contributed by atoms with E-state index in [-0.39, 0.29) is 11.6 Å². The second-order valence-electron chi connectivity index (χ2n) is 6.03. The van der Waals surface area contributed by atoms with Gasteiger partial charge in [0.25, 0.3) is 0 Å². The summed E-state index contributed by atoms with van der Waals surface area (Å²) in [5.41, 5.74) is 2.66. The van der Waals surface area contributed by atoms with Crippen LogP contribution in [0.2, 0.25) is 0 Å². The van der Waals surface area contributed by atoms with Crippen molar-refractivity contribution in [3.05, 3.63) is 107 Å². The van der Waals surface area contributed by atoms with Gasteiger partial charge in [0.1, 0.15) is 23.5 Å². The Balaban J connectivity index is 1.77. The summed E-state index contributed by atoms with van der Waals surface area (Å²) in [7, 11) is 0. The van der Waals surface area contributed by atoms with E-state index in [2.05, 4.69) is 4.98 Å². The zero-order chi connectivity index (χ0) is 18.1. The molecule has 1 aliphatic heterocycles. The molecule has 0 saturated carbocycles. The molecule has 3 nitrogen and oxygen atoms in total. The summed E-state index contributed by atoms with van der Waals surface area (Å²) in [4.78, 5) is 4.04. The summed E-state index contributed by atoms with van der Waals surface area (Å²) >= 11 is 0. The fourth-order valence-corrected chi connectivity index (χ4v) is 3.02. The molecule has 5 heteroatoms. The van der Waals surface area contributed by atoms with Gasteiger partial charge in [-0.3, -0.25) is 4.98 Å². The summed E-state index contributed by atoms with van der Waals surface area (Å²) in [5.74, 6) is -0.195. The van der Waals surface area contributed by atoms with Crippen molar-refractivity contribution in [1.29, 1.82) is 0 Å². The number of rotatable bonds is 4. The third-order valence-corrected chi connectivity index (χ3v) is 4.35. The lowest BCUT2D eigenvalue weighted by atomic mass is 9.86. The van der Waals surface area contributed by atoms with E-state index in [0.29, 0.717) is 22.5 Å². The molecular weight excluding hydrogens is 336 g/mol. The summed E-state index contributed by atoms with van der Waals surface area (Å²) < 4.78 is 32.3. The molecule has 0 radical (unpaired) electrons. The third kappa shape index (κ3) is 2.97. The molecule has 0 aliphatic carbocycles. The lowest BCUT2D eigenvalue weighted by Gasteiger charge is -2.37. The van der Waals surface area contributed by atoms with Gasteiger partial charge in [-0.2, -0.15) is 0 Å². The minimum Gasteiger partial charge on any atom is -0.480 e. The van der Waals surface area contributed by atoms with Gasteiger partial charge in [-0.25, -0.2) is 8.78 Å². The van der Waals surface area contributed by atoms with Gasteiger partial charge in [0.05, 0.1) is 5.57 Å². The van der Waals surface area contributed by atoms with E-state index in [1.54, 1.807) is 48.8 Å². The van der Waals surface area contributed by atoms with Crippen LogP contribution in [0.4, 0.5) is 8.78 Å². The molecule has 0 spiro atoms. The van der Waals surface area contributed by atoms with E-state index in [9.17, 15) is 13.9 Å². The van der Waals surface area contributed by atoms with Crippen LogP contribution >= 0.6 is 0 Å². The highest BCUT2D eigenvalue weighted by Crippen LogP contribution is 2.49. The lowest BCUT2D eigenvalue weighted by Crippen LogP contribution is -2.24. The van der Waals surface area contributed by atoms with Gasteiger partial charge in [-0.05, 0) is 48.0 Å². The van der Waals surface area contributed by atoms with Crippen molar-refractivity contribution in [2.24, 2.45) is 0 Å². The number of halogens is 2. The Morgan fingerprint density at radius 3 is 2.19 bits per heavy atom. The topological polar surface area (TPSA) is 42.4 Å². The number of ether oxygens (including phenoxy) is 1. The zero-order valence-electron chi connectivity index (χ0n) is 13.6. The average Bonchev–Trinajstić information content (AvgIpc) is 2.65. The van der Waals surface area contributed by atoms with E-state index in [4.69, 9.17) is 4.74 Å². The van der Waals surface area contributed by atoms with Crippen molar-refractivity contribution in [3.8, 4) is 0 Å². The predicted octanol–water partition coefficient (Wildman–Crippen LogP) is 4.58. The van der Waals surface area contributed by atoms with Crippen LogP contribution in [0.5, 0.6) is 0 Å². The first kappa shape index (κ1) is 16.4. The van der Waals surface area contributed by atoms with Gasteiger partial charge >= 0.3 is 0 Å². The number of hydrogen-bond acceptors (Lipinski definition) is 3. The van der Waals surface area contributed by atoms with Gasteiger partial charge in [0.15, 0.2) is 6.10 Å². The fourth-order valence-electron chi connectivity index (χ4n) is 3.02. The maximum atomic E-state index is 13.2. The minimum absolute atomic E-state index is 0.342. The Bertz CT molecular complexity index is 938. The molecular formula is C21H15F2NO2. The maximum absolute atomic E-state index is 13.2. The second kappa shape index (κ2) is 6.69. The summed E-state index contributed by atoms with van der Waals surface area (Å²) in [6.45, 7) is 0. The number of aliphatic hydroxyl groups excluding tert-OH is 1. The van der Waals surface area contributed by atoms with Crippen molar-refractivity contribution in [3.63, 3.8) is 0 Å². The van der Waals surface area contributed by atoms with Gasteiger partial charge in [-0.1, -0.05) is 18.2 Å². The lowest BCUT2D eigenvalue weighted by molar-refractivity contribution is 0.0938. The monoisotopic (exact) mass is 351 g/mol. The largest absolute Gasteiger partial charge is 0.480 e. The molecule has 0 saturated heterocycles. The average molecular weight is 351 g/mol. The van der Waals surface area contributed by atoms with E-state index in [1.807, 2.05) is 0 Å². The quantitative estimate of drug-likeness (QED) is 0.748. The highest BCUT2D eigenvalue weighted by atomic mass is 19.1. The fraction of sp³-hybridized carbons (Fsp3) is 0.0952. The molecule has 2 unspecified atom stereocenters. The van der Waals surface area contributed by atoms with E-state index in [1.165, 1.54) is 24.3 Å². The number of nitrogens with zero attached hydrogens (tertiary/aromatic N) is 1. The standard InChI is InChI=1S/C21H15F2NO2/c22-16-7-3-13(4-8-16)20-18(19(25)15-2-1-11-24-12-15)21(26-20)14-5-9-17(23)10-6-14/h1-12,19-20,25H. The van der Waals surface area contributed by atoms with Gasteiger partial charge in [0.2, 0.25) is 0 Å². The molecule has 2 aromatic carbocycles. The molecule has 4 rings (SSSR count). The molecule has 3 aromatic rings. The number of benzene rings is 2. The molecule has 1 aliphatic rings. The van der Waals surface area contributed by atoms with E-state index in [0.717, 1.165) is 5.56 Å². The van der Waals surface area contributed by atoms with Crippen molar-refractivity contribution in [2.45, 2.75) is 12.2 Å². The van der Waals surface area contributed by atoms with Gasteiger partial charge in [0, 0.05) is 23.5 Å². The zero-order valence-corrected chi connectivity index (χ0v) is 13.6. The Hall–Kier alpha value is -3.05. The van der Waals surface area contributed by atoms with Crippen LogP contribution in [0.1, 0.15) is 28.9 Å². The molecule has 130 valence electrons. The van der Waals surface area contributed by atoms with Crippen LogP contribution in [0.25, 0.3) is 5.76 Å². The number of aromatic nitrogens is 1. The molecule has 1 aromatic heterocycles. The smallest absolute Gasteiger partial charge is 0.152 e. The van der Waals surface area contributed by atoms with Crippen LogP contribution in [-0.4, -0.2) is 10.1 Å². The van der Waals surface area contributed by atoms with Crippen molar-refractivity contribution >= 4 is 5.76 Å². The molecule has 0 fully saturated rings. The number of hydrogen-bond donors (Lipinski definition) is 1. The Kier molecular flexibility index (Phi) is 4.22. The van der Waals surface area contributed by atoms with Crippen LogP contribution in [0, 0.1) is 11.6 Å². The Morgan fingerprint density at radius 2 is 1.58 bits per heavy atom. The first-order valence-electron chi connectivity index (χ1n) is 8.13. The van der Waals surface area contributed by atoms with Crippen LogP contribution < -0.4 is 0 Å². The SMILES string of the molecule is OC(C1=C(c2ccc(F)cc2)OC1c1ccc(F)cc1)c1cccnc1. The third-order valence-electron chi connectivity index (χ3n) is 4.35. The van der Waals surface area contributed by atoms with Crippen LogP contribution in [0.3, 0.4) is 0 Å².